The molecule has 3 rings (SSSR count). The third kappa shape index (κ3) is 6.03. The number of carboxylic acids is 1. The Hall–Kier alpha value is -2.41. The minimum atomic E-state index is -3.53. The Bertz CT molecular complexity index is 949. The second-order valence-corrected chi connectivity index (χ2v) is 9.38. The van der Waals surface area contributed by atoms with Crippen molar-refractivity contribution in [2.75, 3.05) is 5.75 Å². The summed E-state index contributed by atoms with van der Waals surface area (Å²) in [4.78, 5) is 10.5. The number of aryl methyl sites for hydroxylation is 1. The van der Waals surface area contributed by atoms with Gasteiger partial charge in [-0.15, -0.1) is 0 Å². The van der Waals surface area contributed by atoms with E-state index in [0.29, 0.717) is 24.8 Å². The summed E-state index contributed by atoms with van der Waals surface area (Å²) >= 11 is 0. The molecule has 2 N–H and O–H groups in total. The summed E-state index contributed by atoms with van der Waals surface area (Å²) in [7, 11) is -3.53. The molecule has 0 heterocycles. The highest BCUT2D eigenvalue weighted by molar-refractivity contribution is 7.89. The van der Waals surface area contributed by atoms with E-state index in [1.165, 1.54) is 12.1 Å². The first kappa shape index (κ1) is 21.3. The molecule has 0 amide bonds. The number of sulfonamides is 1. The van der Waals surface area contributed by atoms with Crippen LogP contribution in [-0.2, 0) is 21.2 Å². The first-order valence-electron chi connectivity index (χ1n) is 9.87. The molecule has 156 valence electrons. The van der Waals surface area contributed by atoms with Crippen LogP contribution in [0.4, 0.5) is 4.39 Å². The molecule has 0 aliphatic heterocycles. The molecule has 0 fully saturated rings. The second kappa shape index (κ2) is 9.39. The van der Waals surface area contributed by atoms with Crippen molar-refractivity contribution >= 4 is 16.0 Å². The molecule has 0 spiro atoms. The number of halogens is 1. The van der Waals surface area contributed by atoms with Crippen molar-refractivity contribution in [2.24, 2.45) is 11.8 Å². The molecule has 29 heavy (non-hydrogen) atoms. The maximum absolute atomic E-state index is 13.3. The maximum Gasteiger partial charge on any atom is 0.303 e. The van der Waals surface area contributed by atoms with Gasteiger partial charge in [-0.25, -0.2) is 12.8 Å². The summed E-state index contributed by atoms with van der Waals surface area (Å²) < 4.78 is 41.3. The van der Waals surface area contributed by atoms with Crippen LogP contribution in [0.15, 0.2) is 59.8 Å². The quantitative estimate of drug-likeness (QED) is 0.420. The fraction of sp³-hybridized carbons (Fsp3) is 0.409. The van der Waals surface area contributed by atoms with Crippen molar-refractivity contribution < 1.29 is 22.7 Å². The Morgan fingerprint density at radius 2 is 2.03 bits per heavy atom. The molecule has 2 aliphatic rings. The van der Waals surface area contributed by atoms with Crippen LogP contribution in [0.2, 0.25) is 0 Å². The van der Waals surface area contributed by atoms with Crippen LogP contribution in [0.1, 0.15) is 37.7 Å². The summed E-state index contributed by atoms with van der Waals surface area (Å²) in [5.74, 6) is -0.913. The van der Waals surface area contributed by atoms with E-state index in [1.54, 1.807) is 12.1 Å². The second-order valence-electron chi connectivity index (χ2n) is 7.53. The number of aliphatic carboxylic acids is 1. The lowest BCUT2D eigenvalue weighted by molar-refractivity contribution is -0.137. The van der Waals surface area contributed by atoms with Gasteiger partial charge in [0, 0.05) is 24.0 Å². The Labute approximate surface area is 171 Å². The van der Waals surface area contributed by atoms with E-state index in [4.69, 9.17) is 5.11 Å². The molecule has 7 heteroatoms. The van der Waals surface area contributed by atoms with Gasteiger partial charge in [-0.1, -0.05) is 36.4 Å². The largest absolute Gasteiger partial charge is 0.481 e. The van der Waals surface area contributed by atoms with Crippen LogP contribution in [0.3, 0.4) is 0 Å². The number of nitrogens with one attached hydrogen (secondary N) is 1. The van der Waals surface area contributed by atoms with E-state index in [9.17, 15) is 17.6 Å². The Kier molecular flexibility index (Phi) is 6.90. The van der Waals surface area contributed by atoms with Crippen molar-refractivity contribution in [2.45, 2.75) is 38.5 Å². The van der Waals surface area contributed by atoms with Gasteiger partial charge < -0.3 is 5.11 Å². The standard InChI is InChI=1S/C22H26FNO4S/c23-19-7-5-6-16(14-19)12-13-29(27,28)24-22-18-11-10-17(15-18)20(22)8-3-1-2-4-9-21(25)26/h1,3,5-7,10-11,14,17-18,24H,2,4,8-9,12-13,15H2,(H,25,26). The third-order valence-corrected chi connectivity index (χ3v) is 6.60. The van der Waals surface area contributed by atoms with Gasteiger partial charge in [-0.3, -0.25) is 9.52 Å². The van der Waals surface area contributed by atoms with Crippen LogP contribution >= 0.6 is 0 Å². The molecule has 2 bridgehead atoms. The lowest BCUT2D eigenvalue weighted by Crippen LogP contribution is -2.29. The summed E-state index contributed by atoms with van der Waals surface area (Å²) in [5, 5.41) is 8.66. The smallest absolute Gasteiger partial charge is 0.303 e. The number of unbranched alkanes of at least 4 members (excludes halogenated alkanes) is 1. The number of rotatable bonds is 11. The van der Waals surface area contributed by atoms with E-state index in [0.717, 1.165) is 17.7 Å². The minimum Gasteiger partial charge on any atom is -0.481 e. The number of allylic oxidation sites excluding steroid dienone is 5. The molecule has 1 aromatic rings. The number of fused-ring (bicyclic) bond motifs is 2. The monoisotopic (exact) mass is 419 g/mol. The molecule has 1 aromatic carbocycles. The fourth-order valence-corrected chi connectivity index (χ4v) is 5.10. The molecule has 5 nitrogen and oxygen atoms in total. The average Bonchev–Trinajstić information content (AvgIpc) is 3.25. The van der Waals surface area contributed by atoms with Crippen LogP contribution in [0.5, 0.6) is 0 Å². The van der Waals surface area contributed by atoms with Gasteiger partial charge in [-0.05, 0) is 55.4 Å². The molecule has 2 atom stereocenters. The van der Waals surface area contributed by atoms with Gasteiger partial charge in [0.05, 0.1) is 5.75 Å². The zero-order chi connectivity index (χ0) is 20.9. The SMILES string of the molecule is O=C(O)CCCC=CCC1=C(NS(=O)(=O)CCc2cccc(F)c2)C2C=CC1C2. The molecular formula is C22H26FNO4S. The normalized spacial score (nSPS) is 20.7. The van der Waals surface area contributed by atoms with Gasteiger partial charge in [0.25, 0.3) is 0 Å². The molecular weight excluding hydrogens is 393 g/mol. The number of hydrogen-bond donors (Lipinski definition) is 2. The van der Waals surface area contributed by atoms with Gasteiger partial charge >= 0.3 is 5.97 Å². The fourth-order valence-electron chi connectivity index (χ4n) is 3.87. The molecule has 0 saturated carbocycles. The average molecular weight is 420 g/mol. The molecule has 2 aliphatic carbocycles. The van der Waals surface area contributed by atoms with Crippen LogP contribution in [0.25, 0.3) is 0 Å². The summed E-state index contributed by atoms with van der Waals surface area (Å²) in [6, 6.07) is 5.99. The summed E-state index contributed by atoms with van der Waals surface area (Å²) in [5.41, 5.74) is 2.51. The lowest BCUT2D eigenvalue weighted by Gasteiger charge is -2.17. The topological polar surface area (TPSA) is 83.5 Å². The van der Waals surface area contributed by atoms with Crippen molar-refractivity contribution in [3.05, 3.63) is 71.2 Å². The summed E-state index contributed by atoms with van der Waals surface area (Å²) in [6.07, 6.45) is 11.4. The molecule has 0 radical (unpaired) electrons. The Balaban J connectivity index is 1.60. The Morgan fingerprint density at radius 3 is 2.79 bits per heavy atom. The number of carbonyl (C=O) groups is 1. The van der Waals surface area contributed by atoms with Crippen molar-refractivity contribution in [3.8, 4) is 0 Å². The highest BCUT2D eigenvalue weighted by Gasteiger charge is 2.36. The molecule has 0 aromatic heterocycles. The predicted molar refractivity (Wildman–Crippen MR) is 110 cm³/mol. The first-order chi connectivity index (χ1) is 13.8. The van der Waals surface area contributed by atoms with Crippen molar-refractivity contribution in [1.82, 2.24) is 4.72 Å². The Morgan fingerprint density at radius 1 is 1.24 bits per heavy atom. The van der Waals surface area contributed by atoms with E-state index in [2.05, 4.69) is 16.9 Å². The van der Waals surface area contributed by atoms with Gasteiger partial charge in [-0.2, -0.15) is 0 Å². The van der Waals surface area contributed by atoms with Gasteiger partial charge in [0.15, 0.2) is 0 Å². The molecule has 2 unspecified atom stereocenters. The van der Waals surface area contributed by atoms with Crippen molar-refractivity contribution in [3.63, 3.8) is 0 Å². The first-order valence-corrected chi connectivity index (χ1v) is 11.5. The zero-order valence-electron chi connectivity index (χ0n) is 16.2. The van der Waals surface area contributed by atoms with Crippen LogP contribution in [-0.4, -0.2) is 25.2 Å². The number of carboxylic acid groups (broad SMARTS) is 1. The lowest BCUT2D eigenvalue weighted by atomic mass is 9.98. The van der Waals surface area contributed by atoms with Crippen LogP contribution in [0, 0.1) is 17.7 Å². The number of hydrogen-bond acceptors (Lipinski definition) is 3. The summed E-state index contributed by atoms with van der Waals surface area (Å²) in [6.45, 7) is 0. The van der Waals surface area contributed by atoms with Gasteiger partial charge in [0.1, 0.15) is 5.82 Å². The minimum absolute atomic E-state index is 0.0966. The molecule has 0 saturated heterocycles. The number of benzene rings is 1. The van der Waals surface area contributed by atoms with E-state index in [-0.39, 0.29) is 36.2 Å². The van der Waals surface area contributed by atoms with E-state index < -0.39 is 16.0 Å². The third-order valence-electron chi connectivity index (χ3n) is 5.33. The van der Waals surface area contributed by atoms with Crippen molar-refractivity contribution in [1.29, 1.82) is 0 Å². The van der Waals surface area contributed by atoms with E-state index >= 15 is 0 Å². The maximum atomic E-state index is 13.3. The van der Waals surface area contributed by atoms with Gasteiger partial charge in [0.2, 0.25) is 10.0 Å². The van der Waals surface area contributed by atoms with E-state index in [1.807, 2.05) is 12.2 Å². The highest BCUT2D eigenvalue weighted by atomic mass is 32.2. The predicted octanol–water partition coefficient (Wildman–Crippen LogP) is 3.95. The zero-order valence-corrected chi connectivity index (χ0v) is 17.0. The van der Waals surface area contributed by atoms with Crippen LogP contribution < -0.4 is 4.72 Å². The highest BCUT2D eigenvalue weighted by Crippen LogP contribution is 2.44.